The van der Waals surface area contributed by atoms with Crippen molar-refractivity contribution in [2.75, 3.05) is 13.1 Å². The Balaban J connectivity index is 1.44. The van der Waals surface area contributed by atoms with Crippen LogP contribution in [0, 0.1) is 25.7 Å². The molecule has 1 heterocycles. The number of halogens is 1. The van der Waals surface area contributed by atoms with Crippen LogP contribution in [0.4, 0.5) is 0 Å². The third-order valence-electron chi connectivity index (χ3n) is 5.50. The highest BCUT2D eigenvalue weighted by Crippen LogP contribution is 2.32. The van der Waals surface area contributed by atoms with Crippen molar-refractivity contribution < 1.29 is 19.1 Å². The van der Waals surface area contributed by atoms with Crippen LogP contribution in [-0.4, -0.2) is 41.8 Å². The number of carbonyl (C=O) groups is 3. The summed E-state index contributed by atoms with van der Waals surface area (Å²) in [5, 5.41) is 0.613. The quantitative estimate of drug-likeness (QED) is 0.715. The van der Waals surface area contributed by atoms with Gasteiger partial charge in [0, 0.05) is 29.9 Å². The van der Waals surface area contributed by atoms with Gasteiger partial charge in [0.25, 0.3) is 5.91 Å². The highest BCUT2D eigenvalue weighted by molar-refractivity contribution is 6.30. The SMILES string of the molecule is Cc1cc(Cl)cc(C)c1OC(C)C(=O)NNC(=O)C1CCN(C(=O)C2CC2)CC1. The molecule has 1 aliphatic carbocycles. The fraction of sp³-hybridized carbons (Fsp3) is 0.571. The van der Waals surface area contributed by atoms with Crippen molar-refractivity contribution in [3.05, 3.63) is 28.3 Å². The van der Waals surface area contributed by atoms with Crippen LogP contribution in [0.25, 0.3) is 0 Å². The predicted molar refractivity (Wildman–Crippen MR) is 109 cm³/mol. The van der Waals surface area contributed by atoms with E-state index in [2.05, 4.69) is 10.9 Å². The third-order valence-corrected chi connectivity index (χ3v) is 5.72. The van der Waals surface area contributed by atoms with Gasteiger partial charge in [0.05, 0.1) is 0 Å². The van der Waals surface area contributed by atoms with Crippen LogP contribution >= 0.6 is 11.6 Å². The van der Waals surface area contributed by atoms with E-state index in [4.69, 9.17) is 16.3 Å². The molecule has 0 aromatic heterocycles. The summed E-state index contributed by atoms with van der Waals surface area (Å²) in [4.78, 5) is 38.6. The van der Waals surface area contributed by atoms with Crippen molar-refractivity contribution in [3.8, 4) is 5.75 Å². The number of amides is 3. The summed E-state index contributed by atoms with van der Waals surface area (Å²) in [5.74, 6) is 0.146. The number of piperidine rings is 1. The van der Waals surface area contributed by atoms with Gasteiger partial charge in [0.2, 0.25) is 11.8 Å². The molecule has 29 heavy (non-hydrogen) atoms. The zero-order valence-corrected chi connectivity index (χ0v) is 17.8. The normalized spacial score (nSPS) is 18.1. The van der Waals surface area contributed by atoms with E-state index in [0.717, 1.165) is 24.0 Å². The minimum absolute atomic E-state index is 0.203. The van der Waals surface area contributed by atoms with Crippen molar-refractivity contribution in [1.82, 2.24) is 15.8 Å². The Morgan fingerprint density at radius 3 is 2.17 bits per heavy atom. The first-order valence-electron chi connectivity index (χ1n) is 10.1. The van der Waals surface area contributed by atoms with E-state index < -0.39 is 12.0 Å². The lowest BCUT2D eigenvalue weighted by molar-refractivity contribution is -0.138. The molecule has 1 aliphatic heterocycles. The van der Waals surface area contributed by atoms with Crippen molar-refractivity contribution in [2.45, 2.75) is 52.6 Å². The van der Waals surface area contributed by atoms with Crippen molar-refractivity contribution in [3.63, 3.8) is 0 Å². The number of carbonyl (C=O) groups excluding carboxylic acids is 3. The summed E-state index contributed by atoms with van der Waals surface area (Å²) < 4.78 is 5.77. The number of benzene rings is 1. The number of ether oxygens (including phenoxy) is 1. The molecule has 1 aromatic carbocycles. The summed E-state index contributed by atoms with van der Waals surface area (Å²) >= 11 is 6.02. The van der Waals surface area contributed by atoms with Gasteiger partial charge in [0.15, 0.2) is 6.10 Å². The Morgan fingerprint density at radius 1 is 1.03 bits per heavy atom. The average Bonchev–Trinajstić information content (AvgIpc) is 3.53. The first kappa shape index (κ1) is 21.4. The third kappa shape index (κ3) is 5.41. The number of rotatable bonds is 5. The maximum Gasteiger partial charge on any atom is 0.279 e. The molecule has 1 aromatic rings. The summed E-state index contributed by atoms with van der Waals surface area (Å²) in [5.41, 5.74) is 6.61. The van der Waals surface area contributed by atoms with Crippen LogP contribution in [0.5, 0.6) is 5.75 Å². The molecule has 2 fully saturated rings. The number of likely N-dealkylation sites (tertiary alicyclic amines) is 1. The van der Waals surface area contributed by atoms with Gasteiger partial charge in [-0.1, -0.05) is 11.6 Å². The van der Waals surface area contributed by atoms with Gasteiger partial charge in [-0.3, -0.25) is 25.2 Å². The van der Waals surface area contributed by atoms with Gasteiger partial charge < -0.3 is 9.64 Å². The summed E-state index contributed by atoms with van der Waals surface area (Å²) in [6.07, 6.45) is 2.40. The number of hydrogen-bond donors (Lipinski definition) is 2. The number of hydrazine groups is 1. The van der Waals surface area contributed by atoms with Crippen LogP contribution in [0.1, 0.15) is 43.7 Å². The van der Waals surface area contributed by atoms with Crippen LogP contribution in [0.15, 0.2) is 12.1 Å². The minimum Gasteiger partial charge on any atom is -0.480 e. The van der Waals surface area contributed by atoms with E-state index >= 15 is 0 Å². The fourth-order valence-corrected chi connectivity index (χ4v) is 3.92. The maximum absolute atomic E-state index is 12.4. The monoisotopic (exact) mass is 421 g/mol. The van der Waals surface area contributed by atoms with E-state index in [-0.39, 0.29) is 23.7 Å². The van der Waals surface area contributed by atoms with E-state index in [9.17, 15) is 14.4 Å². The van der Waals surface area contributed by atoms with Crippen molar-refractivity contribution in [2.24, 2.45) is 11.8 Å². The number of hydrogen-bond acceptors (Lipinski definition) is 4. The van der Waals surface area contributed by atoms with Crippen molar-refractivity contribution in [1.29, 1.82) is 0 Å². The van der Waals surface area contributed by atoms with E-state index in [1.807, 2.05) is 18.7 Å². The number of aryl methyl sites for hydroxylation is 2. The predicted octanol–water partition coefficient (Wildman–Crippen LogP) is 2.52. The molecule has 7 nitrogen and oxygen atoms in total. The van der Waals surface area contributed by atoms with Gasteiger partial charge in [-0.05, 0) is 69.7 Å². The first-order chi connectivity index (χ1) is 13.8. The Kier molecular flexibility index (Phi) is 6.67. The molecule has 8 heteroatoms. The molecular formula is C21H28ClN3O4. The average molecular weight is 422 g/mol. The maximum atomic E-state index is 12.4. The summed E-state index contributed by atoms with van der Waals surface area (Å²) in [6, 6.07) is 3.55. The van der Waals surface area contributed by atoms with E-state index in [1.54, 1.807) is 19.1 Å². The van der Waals surface area contributed by atoms with Crippen LogP contribution in [0.2, 0.25) is 5.02 Å². The zero-order chi connectivity index (χ0) is 21.1. The van der Waals surface area contributed by atoms with E-state index in [1.165, 1.54) is 0 Å². The zero-order valence-electron chi connectivity index (χ0n) is 17.1. The van der Waals surface area contributed by atoms with E-state index in [0.29, 0.717) is 36.7 Å². The Hall–Kier alpha value is -2.28. The molecule has 2 N–H and O–H groups in total. The molecule has 0 bridgehead atoms. The lowest BCUT2D eigenvalue weighted by atomic mass is 9.96. The second kappa shape index (κ2) is 9.03. The standard InChI is InChI=1S/C21H28ClN3O4/c1-12-10-17(22)11-13(2)18(12)29-14(3)19(26)23-24-20(27)15-6-8-25(9-7-15)21(28)16-4-5-16/h10-11,14-16H,4-9H2,1-3H3,(H,23,26)(H,24,27). The Labute approximate surface area is 176 Å². The van der Waals surface area contributed by atoms with Crippen LogP contribution < -0.4 is 15.6 Å². The molecule has 0 radical (unpaired) electrons. The lowest BCUT2D eigenvalue weighted by Crippen LogP contribution is -2.51. The fourth-order valence-electron chi connectivity index (χ4n) is 3.59. The molecule has 2 aliphatic rings. The largest absolute Gasteiger partial charge is 0.480 e. The van der Waals surface area contributed by atoms with Gasteiger partial charge in [-0.25, -0.2) is 0 Å². The molecule has 1 saturated carbocycles. The molecule has 3 rings (SSSR count). The molecule has 1 saturated heterocycles. The minimum atomic E-state index is -0.785. The number of nitrogens with one attached hydrogen (secondary N) is 2. The highest BCUT2D eigenvalue weighted by Gasteiger charge is 2.36. The second-order valence-corrected chi connectivity index (χ2v) is 8.42. The lowest BCUT2D eigenvalue weighted by Gasteiger charge is -2.31. The van der Waals surface area contributed by atoms with Gasteiger partial charge in [0.1, 0.15) is 5.75 Å². The molecule has 1 unspecified atom stereocenters. The topological polar surface area (TPSA) is 87.7 Å². The second-order valence-electron chi connectivity index (χ2n) is 7.98. The number of nitrogens with zero attached hydrogens (tertiary/aromatic N) is 1. The molecular weight excluding hydrogens is 394 g/mol. The summed E-state index contributed by atoms with van der Waals surface area (Å²) in [7, 11) is 0. The Morgan fingerprint density at radius 2 is 1.62 bits per heavy atom. The molecule has 3 amide bonds. The van der Waals surface area contributed by atoms with Gasteiger partial charge in [-0.2, -0.15) is 0 Å². The van der Waals surface area contributed by atoms with Gasteiger partial charge >= 0.3 is 0 Å². The summed E-state index contributed by atoms with van der Waals surface area (Å²) in [6.45, 7) is 6.53. The Bertz CT molecular complexity index is 778. The highest BCUT2D eigenvalue weighted by atomic mass is 35.5. The first-order valence-corrected chi connectivity index (χ1v) is 10.5. The van der Waals surface area contributed by atoms with Crippen LogP contribution in [-0.2, 0) is 14.4 Å². The molecule has 1 atom stereocenters. The van der Waals surface area contributed by atoms with Crippen LogP contribution in [0.3, 0.4) is 0 Å². The smallest absolute Gasteiger partial charge is 0.279 e. The van der Waals surface area contributed by atoms with Crippen molar-refractivity contribution >= 4 is 29.3 Å². The molecule has 0 spiro atoms. The van der Waals surface area contributed by atoms with Gasteiger partial charge in [-0.15, -0.1) is 0 Å². The molecule has 158 valence electrons.